The van der Waals surface area contributed by atoms with Gasteiger partial charge in [0, 0.05) is 36.9 Å². The minimum atomic E-state index is -1.33. The standard InChI is InChI=1S/C16H25N3Si/c1-13-11-19(12-14(2)18-13)16-8-15(9-17-10-16)6-7-20(3,4)5/h8-10,13-14,18H,11-12H2,1-5H3. The molecular formula is C16H25N3Si. The Bertz CT molecular complexity index is 515. The molecule has 2 rings (SSSR count). The maximum absolute atomic E-state index is 4.36. The monoisotopic (exact) mass is 287 g/mol. The second-order valence-electron chi connectivity index (χ2n) is 6.81. The lowest BCUT2D eigenvalue weighted by Crippen LogP contribution is -2.54. The Labute approximate surface area is 123 Å². The lowest BCUT2D eigenvalue weighted by atomic mass is 10.1. The smallest absolute Gasteiger partial charge is 0.129 e. The van der Waals surface area contributed by atoms with Gasteiger partial charge in [-0.25, -0.2) is 0 Å². The number of hydrogen-bond acceptors (Lipinski definition) is 3. The zero-order chi connectivity index (χ0) is 14.8. The number of piperazine rings is 1. The van der Waals surface area contributed by atoms with E-state index in [-0.39, 0.29) is 0 Å². The van der Waals surface area contributed by atoms with E-state index in [1.807, 2.05) is 12.4 Å². The number of nitrogens with one attached hydrogen (secondary N) is 1. The molecule has 4 heteroatoms. The van der Waals surface area contributed by atoms with Gasteiger partial charge in [-0.2, -0.15) is 0 Å². The van der Waals surface area contributed by atoms with Crippen molar-refractivity contribution < 1.29 is 0 Å². The number of anilines is 1. The molecule has 108 valence electrons. The summed E-state index contributed by atoms with van der Waals surface area (Å²) in [5.74, 6) is 3.29. The van der Waals surface area contributed by atoms with E-state index in [4.69, 9.17) is 0 Å². The van der Waals surface area contributed by atoms with Crippen LogP contribution in [0.1, 0.15) is 19.4 Å². The largest absolute Gasteiger partial charge is 0.367 e. The zero-order valence-corrected chi connectivity index (χ0v) is 14.2. The predicted octanol–water partition coefficient (Wildman–Crippen LogP) is 2.50. The molecule has 20 heavy (non-hydrogen) atoms. The Balaban J connectivity index is 2.19. The molecule has 0 spiro atoms. The van der Waals surface area contributed by atoms with Crippen LogP contribution in [0.15, 0.2) is 18.5 Å². The first-order valence-electron chi connectivity index (χ1n) is 7.33. The summed E-state index contributed by atoms with van der Waals surface area (Å²) in [5, 5.41) is 3.55. The number of aromatic nitrogens is 1. The van der Waals surface area contributed by atoms with E-state index in [0.717, 1.165) is 18.7 Å². The van der Waals surface area contributed by atoms with Gasteiger partial charge in [-0.1, -0.05) is 25.6 Å². The SMILES string of the molecule is CC1CN(c2cncc(C#C[Si](C)(C)C)c2)CC(C)N1. The van der Waals surface area contributed by atoms with Gasteiger partial charge >= 0.3 is 0 Å². The molecule has 2 heterocycles. The first-order chi connectivity index (χ1) is 9.33. The first kappa shape index (κ1) is 15.1. The van der Waals surface area contributed by atoms with Crippen molar-refractivity contribution in [1.29, 1.82) is 0 Å². The van der Waals surface area contributed by atoms with Crippen LogP contribution in [0.3, 0.4) is 0 Å². The Hall–Kier alpha value is -1.31. The van der Waals surface area contributed by atoms with Crippen molar-refractivity contribution in [3.05, 3.63) is 24.0 Å². The maximum Gasteiger partial charge on any atom is 0.129 e. The third kappa shape index (κ3) is 4.36. The molecule has 1 aliphatic rings. The van der Waals surface area contributed by atoms with Crippen molar-refractivity contribution in [2.45, 2.75) is 45.6 Å². The summed E-state index contributed by atoms with van der Waals surface area (Å²) in [7, 11) is -1.33. The van der Waals surface area contributed by atoms with Gasteiger partial charge in [0.15, 0.2) is 0 Å². The van der Waals surface area contributed by atoms with E-state index >= 15 is 0 Å². The second kappa shape index (κ2) is 5.98. The minimum Gasteiger partial charge on any atom is -0.367 e. The van der Waals surface area contributed by atoms with Crippen LogP contribution < -0.4 is 10.2 Å². The molecule has 1 N–H and O–H groups in total. The van der Waals surface area contributed by atoms with E-state index in [1.165, 1.54) is 5.69 Å². The number of nitrogens with zero attached hydrogens (tertiary/aromatic N) is 2. The van der Waals surface area contributed by atoms with Crippen molar-refractivity contribution in [2.75, 3.05) is 18.0 Å². The minimum absolute atomic E-state index is 0.510. The molecule has 2 atom stereocenters. The molecule has 1 aromatic heterocycles. The van der Waals surface area contributed by atoms with Crippen molar-refractivity contribution in [3.63, 3.8) is 0 Å². The summed E-state index contributed by atoms with van der Waals surface area (Å²) in [6.07, 6.45) is 3.82. The molecule has 3 nitrogen and oxygen atoms in total. The normalized spacial score (nSPS) is 23.1. The topological polar surface area (TPSA) is 28.2 Å². The van der Waals surface area contributed by atoms with Crippen molar-refractivity contribution in [2.24, 2.45) is 0 Å². The van der Waals surface area contributed by atoms with Gasteiger partial charge in [-0.15, -0.1) is 5.54 Å². The van der Waals surface area contributed by atoms with Crippen molar-refractivity contribution >= 4 is 13.8 Å². The molecule has 0 amide bonds. The summed E-state index contributed by atoms with van der Waals surface area (Å²) in [4.78, 5) is 6.76. The zero-order valence-electron chi connectivity index (χ0n) is 13.2. The van der Waals surface area contributed by atoms with E-state index in [2.05, 4.69) is 66.2 Å². The van der Waals surface area contributed by atoms with Crippen LogP contribution in [-0.4, -0.2) is 38.2 Å². The molecule has 0 saturated carbocycles. The molecular weight excluding hydrogens is 262 g/mol. The van der Waals surface area contributed by atoms with Gasteiger partial charge in [0.05, 0.1) is 11.9 Å². The van der Waals surface area contributed by atoms with Crippen LogP contribution in [0.5, 0.6) is 0 Å². The lowest BCUT2D eigenvalue weighted by Gasteiger charge is -2.37. The summed E-state index contributed by atoms with van der Waals surface area (Å²) in [6, 6.07) is 3.19. The van der Waals surface area contributed by atoms with Crippen molar-refractivity contribution in [1.82, 2.24) is 10.3 Å². The number of hydrogen-bond donors (Lipinski definition) is 1. The van der Waals surface area contributed by atoms with Crippen LogP contribution in [-0.2, 0) is 0 Å². The van der Waals surface area contributed by atoms with E-state index in [0.29, 0.717) is 12.1 Å². The molecule has 0 aromatic carbocycles. The average molecular weight is 287 g/mol. The molecule has 0 radical (unpaired) electrons. The number of rotatable bonds is 1. The van der Waals surface area contributed by atoms with E-state index in [1.54, 1.807) is 0 Å². The fourth-order valence-corrected chi connectivity index (χ4v) is 2.99. The highest BCUT2D eigenvalue weighted by Gasteiger charge is 2.21. The molecule has 1 aliphatic heterocycles. The molecule has 1 fully saturated rings. The Kier molecular flexibility index (Phi) is 4.51. The summed E-state index contributed by atoms with van der Waals surface area (Å²) in [5.41, 5.74) is 5.62. The van der Waals surface area contributed by atoms with Crippen molar-refractivity contribution in [3.8, 4) is 11.5 Å². The molecule has 0 bridgehead atoms. The molecule has 1 saturated heterocycles. The quantitative estimate of drug-likeness (QED) is 0.635. The summed E-state index contributed by atoms with van der Waals surface area (Å²) >= 11 is 0. The van der Waals surface area contributed by atoms with Crippen LogP contribution in [0.4, 0.5) is 5.69 Å². The fourth-order valence-electron chi connectivity index (χ4n) is 2.47. The van der Waals surface area contributed by atoms with Gasteiger partial charge in [-0.3, -0.25) is 4.98 Å². The van der Waals surface area contributed by atoms with Gasteiger partial charge in [0.2, 0.25) is 0 Å². The number of pyridine rings is 1. The highest BCUT2D eigenvalue weighted by molar-refractivity contribution is 6.83. The molecule has 1 aromatic rings. The highest BCUT2D eigenvalue weighted by Crippen LogP contribution is 2.17. The van der Waals surface area contributed by atoms with E-state index < -0.39 is 8.07 Å². The van der Waals surface area contributed by atoms with Gasteiger partial charge < -0.3 is 10.2 Å². The Morgan fingerprint density at radius 1 is 1.20 bits per heavy atom. The Morgan fingerprint density at radius 2 is 1.85 bits per heavy atom. The first-order valence-corrected chi connectivity index (χ1v) is 10.8. The molecule has 0 aliphatic carbocycles. The highest BCUT2D eigenvalue weighted by atomic mass is 28.3. The lowest BCUT2D eigenvalue weighted by molar-refractivity contribution is 0.407. The predicted molar refractivity (Wildman–Crippen MR) is 88.7 cm³/mol. The average Bonchev–Trinajstić information content (AvgIpc) is 2.35. The third-order valence-corrected chi connectivity index (χ3v) is 4.10. The maximum atomic E-state index is 4.36. The van der Waals surface area contributed by atoms with Crippen LogP contribution in [0.2, 0.25) is 19.6 Å². The fraction of sp³-hybridized carbons (Fsp3) is 0.562. The van der Waals surface area contributed by atoms with Crippen LogP contribution >= 0.6 is 0 Å². The second-order valence-corrected chi connectivity index (χ2v) is 11.6. The molecule has 2 unspecified atom stereocenters. The van der Waals surface area contributed by atoms with Gasteiger partial charge in [0.1, 0.15) is 8.07 Å². The van der Waals surface area contributed by atoms with Gasteiger partial charge in [-0.05, 0) is 19.9 Å². The van der Waals surface area contributed by atoms with Crippen LogP contribution in [0, 0.1) is 11.5 Å². The third-order valence-electron chi connectivity index (χ3n) is 3.23. The summed E-state index contributed by atoms with van der Waals surface area (Å²) < 4.78 is 0. The Morgan fingerprint density at radius 3 is 2.45 bits per heavy atom. The van der Waals surface area contributed by atoms with Crippen LogP contribution in [0.25, 0.3) is 0 Å². The van der Waals surface area contributed by atoms with Gasteiger partial charge in [0.25, 0.3) is 0 Å². The van der Waals surface area contributed by atoms with E-state index in [9.17, 15) is 0 Å². The summed E-state index contributed by atoms with van der Waals surface area (Å²) in [6.45, 7) is 13.3.